The third-order valence-corrected chi connectivity index (χ3v) is 5.39. The van der Waals surface area contributed by atoms with Crippen molar-refractivity contribution in [1.82, 2.24) is 0 Å². The molecule has 0 saturated carbocycles. The standard InChI is InChI=1S/C18H21NO5S/c1-5-12-19(17-13-15(23-3)8-11-18(17)24-4)25(20,21)16-9-6-14(22-2)7-10-16/h5-11,13H,1,12H2,2-4H3. The number of rotatable bonds is 8. The van der Waals surface area contributed by atoms with E-state index in [2.05, 4.69) is 6.58 Å². The fraction of sp³-hybridized carbons (Fsp3) is 0.222. The minimum Gasteiger partial charge on any atom is -0.497 e. The molecule has 0 saturated heterocycles. The molecule has 25 heavy (non-hydrogen) atoms. The van der Waals surface area contributed by atoms with Gasteiger partial charge in [0.25, 0.3) is 10.0 Å². The maximum Gasteiger partial charge on any atom is 0.264 e. The molecule has 2 aromatic rings. The number of nitrogens with zero attached hydrogens (tertiary/aromatic N) is 1. The van der Waals surface area contributed by atoms with E-state index in [0.29, 0.717) is 22.9 Å². The Hall–Kier alpha value is -2.67. The summed E-state index contributed by atoms with van der Waals surface area (Å²) in [5, 5.41) is 0. The molecule has 0 amide bonds. The number of methoxy groups -OCH3 is 3. The van der Waals surface area contributed by atoms with Gasteiger partial charge in [-0.25, -0.2) is 8.42 Å². The molecule has 0 heterocycles. The Balaban J connectivity index is 2.57. The maximum atomic E-state index is 13.1. The fourth-order valence-corrected chi connectivity index (χ4v) is 3.75. The lowest BCUT2D eigenvalue weighted by molar-refractivity contribution is 0.404. The van der Waals surface area contributed by atoms with E-state index in [4.69, 9.17) is 14.2 Å². The van der Waals surface area contributed by atoms with Gasteiger partial charge in [0, 0.05) is 6.07 Å². The molecule has 0 aliphatic heterocycles. The van der Waals surface area contributed by atoms with Crippen LogP contribution in [-0.4, -0.2) is 36.3 Å². The van der Waals surface area contributed by atoms with Gasteiger partial charge in [0.15, 0.2) is 0 Å². The number of hydrogen-bond donors (Lipinski definition) is 0. The summed E-state index contributed by atoms with van der Waals surface area (Å²) < 4.78 is 43.1. The van der Waals surface area contributed by atoms with Crippen molar-refractivity contribution in [2.24, 2.45) is 0 Å². The highest BCUT2D eigenvalue weighted by molar-refractivity contribution is 7.92. The number of benzene rings is 2. The Morgan fingerprint density at radius 3 is 2.08 bits per heavy atom. The Morgan fingerprint density at radius 1 is 0.960 bits per heavy atom. The van der Waals surface area contributed by atoms with E-state index in [1.807, 2.05) is 0 Å². The monoisotopic (exact) mass is 363 g/mol. The van der Waals surface area contributed by atoms with Crippen LogP contribution in [-0.2, 0) is 10.0 Å². The molecule has 0 radical (unpaired) electrons. The van der Waals surface area contributed by atoms with E-state index in [0.717, 1.165) is 0 Å². The predicted molar refractivity (Wildman–Crippen MR) is 97.3 cm³/mol. The second-order valence-electron chi connectivity index (χ2n) is 5.04. The number of hydrogen-bond acceptors (Lipinski definition) is 5. The number of sulfonamides is 1. The molecule has 0 aliphatic carbocycles. The fourth-order valence-electron chi connectivity index (χ4n) is 2.31. The Kier molecular flexibility index (Phi) is 5.93. The maximum absolute atomic E-state index is 13.1. The highest BCUT2D eigenvalue weighted by Crippen LogP contribution is 2.35. The van der Waals surface area contributed by atoms with Crippen LogP contribution in [0.15, 0.2) is 60.0 Å². The van der Waals surface area contributed by atoms with E-state index in [9.17, 15) is 8.42 Å². The van der Waals surface area contributed by atoms with Gasteiger partial charge >= 0.3 is 0 Å². The molecule has 2 rings (SSSR count). The zero-order chi connectivity index (χ0) is 18.4. The van der Waals surface area contributed by atoms with E-state index >= 15 is 0 Å². The summed E-state index contributed by atoms with van der Waals surface area (Å²) in [7, 11) is 0.693. The number of anilines is 1. The van der Waals surface area contributed by atoms with Crippen molar-refractivity contribution in [3.63, 3.8) is 0 Å². The van der Waals surface area contributed by atoms with E-state index in [-0.39, 0.29) is 11.4 Å². The van der Waals surface area contributed by atoms with Crippen molar-refractivity contribution in [1.29, 1.82) is 0 Å². The average Bonchev–Trinajstić information content (AvgIpc) is 2.65. The van der Waals surface area contributed by atoms with Crippen LogP contribution in [0.2, 0.25) is 0 Å². The molecular weight excluding hydrogens is 342 g/mol. The molecular formula is C18H21NO5S. The first-order valence-electron chi connectivity index (χ1n) is 7.47. The largest absolute Gasteiger partial charge is 0.497 e. The van der Waals surface area contributed by atoms with Gasteiger partial charge in [-0.3, -0.25) is 4.31 Å². The van der Waals surface area contributed by atoms with Gasteiger partial charge in [0.2, 0.25) is 0 Å². The molecule has 0 fully saturated rings. The van der Waals surface area contributed by atoms with Crippen LogP contribution in [0, 0.1) is 0 Å². The molecule has 134 valence electrons. The topological polar surface area (TPSA) is 65.1 Å². The van der Waals surface area contributed by atoms with Crippen LogP contribution >= 0.6 is 0 Å². The van der Waals surface area contributed by atoms with Gasteiger partial charge in [-0.15, -0.1) is 6.58 Å². The zero-order valence-electron chi connectivity index (χ0n) is 14.4. The molecule has 0 N–H and O–H groups in total. The Labute approximate surface area is 148 Å². The summed E-state index contributed by atoms with van der Waals surface area (Å²) in [6, 6.07) is 11.2. The Morgan fingerprint density at radius 2 is 1.56 bits per heavy atom. The minimum atomic E-state index is -3.83. The van der Waals surface area contributed by atoms with Crippen LogP contribution in [0.25, 0.3) is 0 Å². The minimum absolute atomic E-state index is 0.0812. The van der Waals surface area contributed by atoms with Crippen LogP contribution in [0.1, 0.15) is 0 Å². The molecule has 0 atom stereocenters. The molecule has 0 unspecified atom stereocenters. The summed E-state index contributed by atoms with van der Waals surface area (Å²) in [5.74, 6) is 1.52. The van der Waals surface area contributed by atoms with Gasteiger partial charge in [-0.2, -0.15) is 0 Å². The summed E-state index contributed by atoms with van der Waals surface area (Å²) in [6.07, 6.45) is 1.51. The van der Waals surface area contributed by atoms with Crippen molar-refractivity contribution >= 4 is 15.7 Å². The first-order chi connectivity index (χ1) is 12.0. The normalized spacial score (nSPS) is 10.8. The summed E-state index contributed by atoms with van der Waals surface area (Å²) >= 11 is 0. The van der Waals surface area contributed by atoms with Crippen molar-refractivity contribution in [3.05, 3.63) is 55.1 Å². The Bertz CT molecular complexity index is 831. The van der Waals surface area contributed by atoms with E-state index in [1.165, 1.54) is 43.8 Å². The first-order valence-corrected chi connectivity index (χ1v) is 8.91. The second-order valence-corrected chi connectivity index (χ2v) is 6.90. The predicted octanol–water partition coefficient (Wildman–Crippen LogP) is 3.09. The third-order valence-electron chi connectivity index (χ3n) is 3.60. The highest BCUT2D eigenvalue weighted by Gasteiger charge is 2.27. The van der Waals surface area contributed by atoms with E-state index < -0.39 is 10.0 Å². The SMILES string of the molecule is C=CCN(c1cc(OC)ccc1OC)S(=O)(=O)c1ccc(OC)cc1. The smallest absolute Gasteiger partial charge is 0.264 e. The summed E-state index contributed by atoms with van der Waals surface area (Å²) in [5.41, 5.74) is 0.373. The second kappa shape index (κ2) is 7.94. The first kappa shape index (κ1) is 18.7. The molecule has 2 aromatic carbocycles. The average molecular weight is 363 g/mol. The lowest BCUT2D eigenvalue weighted by Crippen LogP contribution is -2.31. The van der Waals surface area contributed by atoms with Gasteiger partial charge in [0.05, 0.1) is 38.5 Å². The zero-order valence-corrected chi connectivity index (χ0v) is 15.2. The van der Waals surface area contributed by atoms with Gasteiger partial charge in [0.1, 0.15) is 17.2 Å². The van der Waals surface area contributed by atoms with Crippen LogP contribution < -0.4 is 18.5 Å². The molecule has 7 heteroatoms. The van der Waals surface area contributed by atoms with Gasteiger partial charge in [-0.1, -0.05) is 6.08 Å². The van der Waals surface area contributed by atoms with Crippen molar-refractivity contribution in [2.75, 3.05) is 32.2 Å². The van der Waals surface area contributed by atoms with Crippen molar-refractivity contribution in [2.45, 2.75) is 4.90 Å². The van der Waals surface area contributed by atoms with E-state index in [1.54, 1.807) is 30.3 Å². The van der Waals surface area contributed by atoms with Crippen molar-refractivity contribution < 1.29 is 22.6 Å². The van der Waals surface area contributed by atoms with Crippen LogP contribution in [0.5, 0.6) is 17.2 Å². The summed E-state index contributed by atoms with van der Waals surface area (Å²) in [4.78, 5) is 0.139. The molecule has 6 nitrogen and oxygen atoms in total. The summed E-state index contributed by atoms with van der Waals surface area (Å²) in [6.45, 7) is 3.74. The third kappa shape index (κ3) is 3.88. The van der Waals surface area contributed by atoms with Crippen LogP contribution in [0.4, 0.5) is 5.69 Å². The molecule has 0 bridgehead atoms. The van der Waals surface area contributed by atoms with Crippen molar-refractivity contribution in [3.8, 4) is 17.2 Å². The molecule has 0 spiro atoms. The lowest BCUT2D eigenvalue weighted by atomic mass is 10.2. The highest BCUT2D eigenvalue weighted by atomic mass is 32.2. The number of ether oxygens (including phenoxy) is 3. The molecule has 0 aromatic heterocycles. The molecule has 0 aliphatic rings. The van der Waals surface area contributed by atoms with Gasteiger partial charge in [-0.05, 0) is 36.4 Å². The lowest BCUT2D eigenvalue weighted by Gasteiger charge is -2.25. The van der Waals surface area contributed by atoms with Gasteiger partial charge < -0.3 is 14.2 Å². The quantitative estimate of drug-likeness (QED) is 0.674. The van der Waals surface area contributed by atoms with Crippen LogP contribution in [0.3, 0.4) is 0 Å².